The molecule has 70 heavy (non-hydrogen) atoms. The molecule has 5 nitrogen and oxygen atoms in total. The second kappa shape index (κ2) is 19.4. The fourth-order valence-electron chi connectivity index (χ4n) is 9.66. The summed E-state index contributed by atoms with van der Waals surface area (Å²) < 4.78 is 8.98. The van der Waals surface area contributed by atoms with Crippen LogP contribution in [0.3, 0.4) is 0 Å². The average molecular weight is 1110 g/mol. The molecule has 3 heterocycles. The molecule has 9 rings (SSSR count). The molecule has 0 unspecified atom stereocenters. The van der Waals surface area contributed by atoms with Gasteiger partial charge < -0.3 is 19.1 Å². The van der Waals surface area contributed by atoms with Gasteiger partial charge in [0.2, 0.25) is 0 Å². The molecule has 0 aliphatic carbocycles. The monoisotopic (exact) mass is 1100 g/mol. The molecule has 0 atom stereocenters. The minimum atomic E-state index is -0.219. The Kier molecular flexibility index (Phi) is 14.0. The summed E-state index contributed by atoms with van der Waals surface area (Å²) in [6.45, 7) is 34.2. The van der Waals surface area contributed by atoms with Crippen molar-refractivity contribution in [1.82, 2.24) is 9.55 Å². The maximum atomic E-state index is 6.71. The topological polar surface area (TPSA) is 33.5 Å². The third kappa shape index (κ3) is 9.89. The Balaban J connectivity index is 0.00000659. The molecule has 1 aliphatic heterocycles. The van der Waals surface area contributed by atoms with Gasteiger partial charge in [0.25, 0.3) is 0 Å². The van der Waals surface area contributed by atoms with Crippen LogP contribution in [0.2, 0.25) is 0 Å². The van der Waals surface area contributed by atoms with E-state index in [-0.39, 0.29) is 37.3 Å². The van der Waals surface area contributed by atoms with E-state index in [9.17, 15) is 0 Å². The molecule has 364 valence electrons. The molecule has 0 fully saturated rings. The Labute approximate surface area is 432 Å². The first-order valence-electron chi connectivity index (χ1n) is 24.8. The van der Waals surface area contributed by atoms with Crippen LogP contribution < -0.4 is 14.5 Å². The summed E-state index contributed by atoms with van der Waals surface area (Å²) in [5, 5.41) is 2.23. The van der Waals surface area contributed by atoms with Crippen molar-refractivity contribution >= 4 is 33.2 Å². The van der Waals surface area contributed by atoms with Crippen molar-refractivity contribution in [3.63, 3.8) is 0 Å². The van der Waals surface area contributed by atoms with Gasteiger partial charge in [-0.3, -0.25) is 0 Å². The SMILES string of the molecule is CC(C)c1cc(C(C)C)c(-c2ccnc(-n3c4[c-]c(Oc5[c-]c(N6C=CN(c7cc(C(C)(C)C)cc(C(C)(C)C)c7)[CH-]6)ccc5)ccc4c4cc(C(C)(C)c5ccccc5)ccc43)c2)c(C(C)C)c1.[Pt]. The first kappa shape index (κ1) is 50.5. The van der Waals surface area contributed by atoms with Crippen LogP contribution in [0, 0.1) is 18.8 Å². The second-order valence-corrected chi connectivity index (χ2v) is 22.6. The van der Waals surface area contributed by atoms with Gasteiger partial charge in [-0.1, -0.05) is 163 Å². The molecule has 0 spiro atoms. The number of hydrogen-bond donors (Lipinski definition) is 0. The van der Waals surface area contributed by atoms with Gasteiger partial charge >= 0.3 is 0 Å². The normalized spacial score (nSPS) is 13.4. The quantitative estimate of drug-likeness (QED) is 0.121. The van der Waals surface area contributed by atoms with Crippen LogP contribution in [-0.2, 0) is 37.3 Å². The van der Waals surface area contributed by atoms with E-state index < -0.39 is 0 Å². The summed E-state index contributed by atoms with van der Waals surface area (Å²) in [5.74, 6) is 3.18. The maximum Gasteiger partial charge on any atom is 0.136 e. The van der Waals surface area contributed by atoms with Crippen molar-refractivity contribution in [1.29, 1.82) is 0 Å². The maximum absolute atomic E-state index is 6.71. The molecule has 1 aliphatic rings. The summed E-state index contributed by atoms with van der Waals surface area (Å²) in [6.07, 6.45) is 6.16. The van der Waals surface area contributed by atoms with Gasteiger partial charge in [-0.15, -0.1) is 48.1 Å². The van der Waals surface area contributed by atoms with Gasteiger partial charge in [-0.2, -0.15) is 12.1 Å². The molecule has 6 heteroatoms. The molecule has 0 amide bonds. The van der Waals surface area contributed by atoms with Crippen molar-refractivity contribution in [2.24, 2.45) is 0 Å². The van der Waals surface area contributed by atoms with E-state index in [1.165, 1.54) is 50.1 Å². The number of ether oxygens (including phenoxy) is 1. The van der Waals surface area contributed by atoms with Gasteiger partial charge in [0.05, 0.1) is 0 Å². The van der Waals surface area contributed by atoms with Gasteiger partial charge in [-0.25, -0.2) is 4.98 Å². The van der Waals surface area contributed by atoms with E-state index in [4.69, 9.17) is 9.72 Å². The van der Waals surface area contributed by atoms with Crippen molar-refractivity contribution in [3.8, 4) is 28.4 Å². The predicted octanol–water partition coefficient (Wildman–Crippen LogP) is 17.4. The number of pyridine rings is 1. The molecule has 0 saturated carbocycles. The standard InChI is InChI=1S/C64H69N4O.Pt/c1-41(2)45-31-55(42(3)4)61(56(32-45)43(5)6)44-27-28-65-60(33-44)68-58-26-23-47(64(13,14)46-19-16-15-17-20-46)37-57(58)54-25-24-53(39-59(54)68)69-52-22-18-21-50(38-52)66-29-30-67(40-66)51-35-48(62(7,8)9)34-49(36-51)63(10,11)12;/h15-37,40-43H,1-14H3;/q-3;. The number of fused-ring (bicyclic) bond motifs is 3. The first-order valence-corrected chi connectivity index (χ1v) is 24.8. The minimum Gasteiger partial charge on any atom is -0.509 e. The van der Waals surface area contributed by atoms with Crippen LogP contribution in [0.25, 0.3) is 38.8 Å². The summed E-state index contributed by atoms with van der Waals surface area (Å²) >= 11 is 0. The fourth-order valence-corrected chi connectivity index (χ4v) is 9.66. The Morgan fingerprint density at radius 3 is 1.83 bits per heavy atom. The Morgan fingerprint density at radius 1 is 0.557 bits per heavy atom. The summed E-state index contributed by atoms with van der Waals surface area (Å²) in [7, 11) is 0. The van der Waals surface area contributed by atoms with E-state index in [1.807, 2.05) is 24.4 Å². The molecule has 2 aromatic heterocycles. The number of anilines is 2. The number of aromatic nitrogens is 2. The number of nitrogens with zero attached hydrogens (tertiary/aromatic N) is 4. The Morgan fingerprint density at radius 2 is 1.20 bits per heavy atom. The summed E-state index contributed by atoms with van der Waals surface area (Å²) in [6, 6.07) is 51.5. The molecule has 6 aromatic carbocycles. The van der Waals surface area contributed by atoms with E-state index in [2.05, 4.69) is 246 Å². The molecule has 8 aromatic rings. The Bertz CT molecular complexity index is 3150. The van der Waals surface area contributed by atoms with Gasteiger partial charge in [0.1, 0.15) is 5.82 Å². The summed E-state index contributed by atoms with van der Waals surface area (Å²) in [5.41, 5.74) is 15.6. The van der Waals surface area contributed by atoms with Crippen LogP contribution in [0.1, 0.15) is 154 Å². The van der Waals surface area contributed by atoms with E-state index >= 15 is 0 Å². The van der Waals surface area contributed by atoms with Gasteiger partial charge in [-0.05, 0) is 127 Å². The molecule has 0 radical (unpaired) electrons. The fraction of sp³-hybridized carbons (Fsp3) is 0.312. The first-order chi connectivity index (χ1) is 32.7. The Hall–Kier alpha value is -5.90. The zero-order valence-electron chi connectivity index (χ0n) is 43.6. The second-order valence-electron chi connectivity index (χ2n) is 22.6. The van der Waals surface area contributed by atoms with E-state index in [0.717, 1.165) is 39.0 Å². The minimum absolute atomic E-state index is 0. The van der Waals surface area contributed by atoms with Crippen molar-refractivity contribution in [3.05, 3.63) is 198 Å². The van der Waals surface area contributed by atoms with E-state index in [1.54, 1.807) is 0 Å². The largest absolute Gasteiger partial charge is 0.509 e. The molecule has 0 saturated heterocycles. The number of benzene rings is 6. The van der Waals surface area contributed by atoms with E-state index in [0.29, 0.717) is 29.3 Å². The van der Waals surface area contributed by atoms with Crippen LogP contribution in [-0.4, -0.2) is 9.55 Å². The van der Waals surface area contributed by atoms with Crippen LogP contribution >= 0.6 is 0 Å². The van der Waals surface area contributed by atoms with Crippen LogP contribution in [0.4, 0.5) is 11.4 Å². The number of hydrogen-bond acceptors (Lipinski definition) is 4. The smallest absolute Gasteiger partial charge is 0.136 e. The van der Waals surface area contributed by atoms with Crippen molar-refractivity contribution in [2.45, 2.75) is 131 Å². The van der Waals surface area contributed by atoms with Crippen molar-refractivity contribution < 1.29 is 25.8 Å². The molecular weight excluding hydrogens is 1040 g/mol. The summed E-state index contributed by atoms with van der Waals surface area (Å²) in [4.78, 5) is 9.41. The number of rotatable bonds is 11. The third-order valence-corrected chi connectivity index (χ3v) is 14.1. The average Bonchev–Trinajstić information content (AvgIpc) is 3.94. The zero-order valence-corrected chi connectivity index (χ0v) is 45.9. The van der Waals surface area contributed by atoms with Crippen molar-refractivity contribution in [2.75, 3.05) is 9.80 Å². The van der Waals surface area contributed by atoms with Crippen LogP contribution in [0.15, 0.2) is 140 Å². The molecule has 0 N–H and O–H groups in total. The molecule has 0 bridgehead atoms. The van der Waals surface area contributed by atoms with Gasteiger partial charge in [0, 0.05) is 55.4 Å². The third-order valence-electron chi connectivity index (χ3n) is 14.1. The van der Waals surface area contributed by atoms with Crippen LogP contribution in [0.5, 0.6) is 11.5 Å². The molecular formula is C64H69N4OPt-3. The predicted molar refractivity (Wildman–Crippen MR) is 291 cm³/mol. The zero-order chi connectivity index (χ0) is 49.2. The van der Waals surface area contributed by atoms with Gasteiger partial charge in [0.15, 0.2) is 0 Å².